The molecule has 152 valence electrons. The molecule has 3 heterocycles. The maximum Gasteiger partial charge on any atom is 0.404 e. The lowest BCUT2D eigenvalue weighted by Gasteiger charge is -2.29. The summed E-state index contributed by atoms with van der Waals surface area (Å²) in [5.41, 5.74) is 1.13. The number of piperidine rings is 1. The molecule has 2 aliphatic rings. The Kier molecular flexibility index (Phi) is 6.49. The Labute approximate surface area is 164 Å². The highest BCUT2D eigenvalue weighted by molar-refractivity contribution is 6.02. The fourth-order valence-corrected chi connectivity index (χ4v) is 4.07. The van der Waals surface area contributed by atoms with Crippen molar-refractivity contribution in [3.05, 3.63) is 22.9 Å². The molecule has 2 aliphatic heterocycles. The molecule has 0 spiro atoms. The van der Waals surface area contributed by atoms with Gasteiger partial charge in [-0.1, -0.05) is 0 Å². The molecular formula is C20H28N4O4. The van der Waals surface area contributed by atoms with Gasteiger partial charge in [0.25, 0.3) is 5.91 Å². The molecule has 1 atom stereocenters. The maximum absolute atomic E-state index is 13.2. The van der Waals surface area contributed by atoms with E-state index in [4.69, 9.17) is 5.11 Å². The lowest BCUT2D eigenvalue weighted by Crippen LogP contribution is -2.37. The van der Waals surface area contributed by atoms with Gasteiger partial charge in [-0.2, -0.15) is 0 Å². The first-order valence-electron chi connectivity index (χ1n) is 10.0. The van der Waals surface area contributed by atoms with E-state index in [2.05, 4.69) is 22.1 Å². The molecule has 2 N–H and O–H groups in total. The van der Waals surface area contributed by atoms with E-state index in [1.807, 2.05) is 4.90 Å². The number of likely N-dealkylation sites (tertiary alicyclic amines) is 1. The van der Waals surface area contributed by atoms with Gasteiger partial charge >= 0.3 is 6.09 Å². The van der Waals surface area contributed by atoms with Crippen LogP contribution in [0.2, 0.25) is 0 Å². The molecule has 1 aromatic rings. The van der Waals surface area contributed by atoms with E-state index >= 15 is 0 Å². The van der Waals surface area contributed by atoms with E-state index in [0.29, 0.717) is 42.5 Å². The number of nitrogens with one attached hydrogen (secondary N) is 1. The van der Waals surface area contributed by atoms with E-state index < -0.39 is 6.09 Å². The van der Waals surface area contributed by atoms with Crippen LogP contribution in [0.25, 0.3) is 0 Å². The number of aldehydes is 1. The number of carboxylic acid groups (broad SMARTS) is 1. The number of hydrogen-bond donors (Lipinski definition) is 2. The minimum absolute atomic E-state index is 0.134. The number of amides is 2. The monoisotopic (exact) mass is 388 g/mol. The normalized spacial score (nSPS) is 19.5. The van der Waals surface area contributed by atoms with Crippen LogP contribution in [0.1, 0.15) is 65.4 Å². The van der Waals surface area contributed by atoms with Gasteiger partial charge in [-0.15, -0.1) is 0 Å². The molecule has 2 fully saturated rings. The number of nitrogens with zero attached hydrogens (tertiary/aromatic N) is 3. The van der Waals surface area contributed by atoms with E-state index in [-0.39, 0.29) is 24.4 Å². The van der Waals surface area contributed by atoms with Crippen LogP contribution < -0.4 is 10.2 Å². The molecule has 0 aliphatic carbocycles. The van der Waals surface area contributed by atoms with Crippen molar-refractivity contribution < 1.29 is 19.5 Å². The Hall–Kier alpha value is -2.64. The van der Waals surface area contributed by atoms with Crippen LogP contribution in [0.5, 0.6) is 0 Å². The number of rotatable bonds is 6. The Morgan fingerprint density at radius 2 is 2.00 bits per heavy atom. The second-order valence-electron chi connectivity index (χ2n) is 7.53. The number of hydrogen-bond acceptors (Lipinski definition) is 5. The summed E-state index contributed by atoms with van der Waals surface area (Å²) in [6.07, 6.45) is 4.99. The molecule has 2 amide bonds. The average molecular weight is 388 g/mol. The van der Waals surface area contributed by atoms with Crippen molar-refractivity contribution in [3.63, 3.8) is 0 Å². The molecule has 0 radical (unpaired) electrons. The lowest BCUT2D eigenvalue weighted by atomic mass is 10.0. The van der Waals surface area contributed by atoms with Gasteiger partial charge in [-0.3, -0.25) is 9.59 Å². The lowest BCUT2D eigenvalue weighted by molar-refractivity contribution is 0.0721. The van der Waals surface area contributed by atoms with Crippen molar-refractivity contribution >= 4 is 24.1 Å². The zero-order chi connectivity index (χ0) is 20.1. The molecule has 3 rings (SSSR count). The third-order valence-electron chi connectivity index (χ3n) is 5.60. The molecule has 1 aromatic heterocycles. The summed E-state index contributed by atoms with van der Waals surface area (Å²) in [5.74, 6) is 0.561. The van der Waals surface area contributed by atoms with Crippen LogP contribution >= 0.6 is 0 Å². The van der Waals surface area contributed by atoms with Gasteiger partial charge in [0.15, 0.2) is 6.29 Å². The zero-order valence-electron chi connectivity index (χ0n) is 16.3. The molecule has 2 saturated heterocycles. The van der Waals surface area contributed by atoms with Crippen LogP contribution in [0.4, 0.5) is 10.6 Å². The summed E-state index contributed by atoms with van der Waals surface area (Å²) < 4.78 is 0. The standard InChI is InChI=1S/C20H28N4O4/c1-14-6-5-11-24(14)18-12-15(19(26)23-9-3-2-4-10-23)16(13-25)17(22-18)7-8-21-20(27)28/h12-14,21H,2-11H2,1H3,(H,27,28)/t14-/m1/s1. The smallest absolute Gasteiger partial charge is 0.404 e. The first-order chi connectivity index (χ1) is 13.5. The summed E-state index contributed by atoms with van der Waals surface area (Å²) >= 11 is 0. The van der Waals surface area contributed by atoms with Gasteiger partial charge in [0.1, 0.15) is 5.82 Å². The second-order valence-corrected chi connectivity index (χ2v) is 7.53. The van der Waals surface area contributed by atoms with Crippen LogP contribution in [-0.4, -0.2) is 65.5 Å². The molecule has 28 heavy (non-hydrogen) atoms. The molecule has 0 bridgehead atoms. The van der Waals surface area contributed by atoms with Crippen molar-refractivity contribution in [2.75, 3.05) is 31.1 Å². The van der Waals surface area contributed by atoms with Gasteiger partial charge in [-0.25, -0.2) is 9.78 Å². The SMILES string of the molecule is C[C@@H]1CCCN1c1cc(C(=O)N2CCCCC2)c(C=O)c(CCNC(=O)O)n1. The Balaban J connectivity index is 1.97. The van der Waals surface area contributed by atoms with Crippen LogP contribution in [0.15, 0.2) is 6.07 Å². The Morgan fingerprint density at radius 1 is 1.25 bits per heavy atom. The summed E-state index contributed by atoms with van der Waals surface area (Å²) in [7, 11) is 0. The van der Waals surface area contributed by atoms with Crippen LogP contribution in [-0.2, 0) is 6.42 Å². The average Bonchev–Trinajstić information content (AvgIpc) is 3.13. The topological polar surface area (TPSA) is 103 Å². The molecule has 0 unspecified atom stereocenters. The highest BCUT2D eigenvalue weighted by Crippen LogP contribution is 2.28. The van der Waals surface area contributed by atoms with Gasteiger partial charge in [-0.05, 0) is 45.1 Å². The fourth-order valence-electron chi connectivity index (χ4n) is 4.07. The van der Waals surface area contributed by atoms with E-state index in [9.17, 15) is 14.4 Å². The van der Waals surface area contributed by atoms with Crippen molar-refractivity contribution in [1.29, 1.82) is 0 Å². The zero-order valence-corrected chi connectivity index (χ0v) is 16.3. The third kappa shape index (κ3) is 4.43. The minimum atomic E-state index is -1.12. The number of aromatic nitrogens is 1. The summed E-state index contributed by atoms with van der Waals surface area (Å²) in [4.78, 5) is 44.4. The van der Waals surface area contributed by atoms with Crippen molar-refractivity contribution in [2.24, 2.45) is 0 Å². The Morgan fingerprint density at radius 3 is 2.61 bits per heavy atom. The largest absolute Gasteiger partial charge is 0.465 e. The number of pyridine rings is 1. The predicted octanol–water partition coefficient (Wildman–Crippen LogP) is 2.32. The highest BCUT2D eigenvalue weighted by atomic mass is 16.4. The Bertz CT molecular complexity index is 746. The van der Waals surface area contributed by atoms with E-state index in [1.165, 1.54) is 0 Å². The summed E-state index contributed by atoms with van der Waals surface area (Å²) in [5, 5.41) is 11.1. The first-order valence-corrected chi connectivity index (χ1v) is 10.0. The predicted molar refractivity (Wildman–Crippen MR) is 105 cm³/mol. The molecule has 0 saturated carbocycles. The number of carbonyl (C=O) groups is 3. The second kappa shape index (κ2) is 9.03. The van der Waals surface area contributed by atoms with Gasteiger partial charge < -0.3 is 20.2 Å². The third-order valence-corrected chi connectivity index (χ3v) is 5.60. The summed E-state index contributed by atoms with van der Waals surface area (Å²) in [6.45, 7) is 4.52. The fraction of sp³-hybridized carbons (Fsp3) is 0.600. The van der Waals surface area contributed by atoms with Crippen molar-refractivity contribution in [3.8, 4) is 0 Å². The highest BCUT2D eigenvalue weighted by Gasteiger charge is 2.27. The van der Waals surface area contributed by atoms with Crippen molar-refractivity contribution in [2.45, 2.75) is 51.5 Å². The quantitative estimate of drug-likeness (QED) is 0.725. The van der Waals surface area contributed by atoms with Crippen LogP contribution in [0.3, 0.4) is 0 Å². The number of carbonyl (C=O) groups excluding carboxylic acids is 2. The van der Waals surface area contributed by atoms with E-state index in [1.54, 1.807) is 6.07 Å². The first kappa shape index (κ1) is 20.1. The van der Waals surface area contributed by atoms with Crippen LogP contribution in [0, 0.1) is 0 Å². The molecular weight excluding hydrogens is 360 g/mol. The number of anilines is 1. The van der Waals surface area contributed by atoms with E-state index in [0.717, 1.165) is 38.6 Å². The van der Waals surface area contributed by atoms with Gasteiger partial charge in [0, 0.05) is 44.2 Å². The molecule has 0 aromatic carbocycles. The minimum Gasteiger partial charge on any atom is -0.465 e. The summed E-state index contributed by atoms with van der Waals surface area (Å²) in [6, 6.07) is 2.06. The van der Waals surface area contributed by atoms with Gasteiger partial charge in [0.05, 0.1) is 11.3 Å². The maximum atomic E-state index is 13.2. The van der Waals surface area contributed by atoms with Gasteiger partial charge in [0.2, 0.25) is 0 Å². The molecule has 8 nitrogen and oxygen atoms in total. The van der Waals surface area contributed by atoms with Crippen molar-refractivity contribution in [1.82, 2.24) is 15.2 Å². The molecule has 8 heteroatoms.